The van der Waals surface area contributed by atoms with Crippen molar-refractivity contribution in [1.82, 2.24) is 15.5 Å². The van der Waals surface area contributed by atoms with E-state index in [-0.39, 0.29) is 0 Å². The highest BCUT2D eigenvalue weighted by molar-refractivity contribution is 5.61. The fourth-order valence-electron chi connectivity index (χ4n) is 2.23. The van der Waals surface area contributed by atoms with Crippen LogP contribution < -0.4 is 5.32 Å². The molecule has 2 heterocycles. The summed E-state index contributed by atoms with van der Waals surface area (Å²) in [6.45, 7) is 10.1. The summed E-state index contributed by atoms with van der Waals surface area (Å²) in [5, 5.41) is 11.6. The van der Waals surface area contributed by atoms with Crippen molar-refractivity contribution in [3.8, 4) is 11.5 Å². The predicted molar refractivity (Wildman–Crippen MR) is 77.7 cm³/mol. The minimum atomic E-state index is 0.563. The van der Waals surface area contributed by atoms with Gasteiger partial charge in [-0.25, -0.2) is 0 Å². The van der Waals surface area contributed by atoms with Gasteiger partial charge in [0.1, 0.15) is 11.5 Å². The van der Waals surface area contributed by atoms with Crippen LogP contribution in [-0.4, -0.2) is 23.3 Å². The Kier molecular flexibility index (Phi) is 4.95. The molecule has 0 radical (unpaired) electrons. The summed E-state index contributed by atoms with van der Waals surface area (Å²) in [6.07, 6.45) is 2.96. The van der Waals surface area contributed by atoms with Gasteiger partial charge in [0.05, 0.1) is 5.56 Å². The van der Waals surface area contributed by atoms with Crippen LogP contribution in [0.1, 0.15) is 42.7 Å². The zero-order valence-corrected chi connectivity index (χ0v) is 12.7. The molecule has 2 aromatic rings. The zero-order chi connectivity index (χ0) is 14.5. The maximum atomic E-state index is 5.74. The molecule has 0 saturated heterocycles. The Balaban J connectivity index is 1.98. The summed E-state index contributed by atoms with van der Waals surface area (Å²) in [7, 11) is 0. The normalized spacial score (nSPS) is 11.2. The highest BCUT2D eigenvalue weighted by Crippen LogP contribution is 2.30. The summed E-state index contributed by atoms with van der Waals surface area (Å²) < 4.78 is 11.3. The first-order chi connectivity index (χ1) is 9.63. The Hall–Kier alpha value is -1.62. The number of aromatic nitrogens is 2. The molecule has 0 aromatic carbocycles. The molecular formula is C15H23N3O2. The zero-order valence-electron chi connectivity index (χ0n) is 12.7. The van der Waals surface area contributed by atoms with Crippen LogP contribution in [-0.2, 0) is 6.42 Å². The molecule has 110 valence electrons. The number of aryl methyl sites for hydroxylation is 3. The number of nitrogens with zero attached hydrogens (tertiary/aromatic N) is 2. The van der Waals surface area contributed by atoms with E-state index >= 15 is 0 Å². The second kappa shape index (κ2) is 6.70. The predicted octanol–water partition coefficient (Wildman–Crippen LogP) is 3.19. The molecule has 0 spiro atoms. The van der Waals surface area contributed by atoms with Crippen molar-refractivity contribution in [1.29, 1.82) is 0 Å². The first kappa shape index (κ1) is 14.8. The molecule has 0 saturated carbocycles. The minimum Gasteiger partial charge on any atom is -0.466 e. The first-order valence-electron chi connectivity index (χ1n) is 7.23. The third-order valence-electron chi connectivity index (χ3n) is 3.41. The molecule has 0 unspecified atom stereocenters. The van der Waals surface area contributed by atoms with E-state index in [1.165, 1.54) is 0 Å². The van der Waals surface area contributed by atoms with E-state index in [0.717, 1.165) is 55.0 Å². The lowest BCUT2D eigenvalue weighted by molar-refractivity contribution is 0.485. The molecule has 2 aromatic heterocycles. The highest BCUT2D eigenvalue weighted by Gasteiger charge is 2.18. The van der Waals surface area contributed by atoms with Crippen LogP contribution in [0.5, 0.6) is 0 Å². The van der Waals surface area contributed by atoms with E-state index in [1.807, 2.05) is 20.8 Å². The monoisotopic (exact) mass is 277 g/mol. The van der Waals surface area contributed by atoms with Crippen molar-refractivity contribution in [2.75, 3.05) is 13.1 Å². The molecule has 5 heteroatoms. The van der Waals surface area contributed by atoms with E-state index in [9.17, 15) is 0 Å². The lowest BCUT2D eigenvalue weighted by Gasteiger charge is -1.99. The first-order valence-corrected chi connectivity index (χ1v) is 7.23. The van der Waals surface area contributed by atoms with Gasteiger partial charge in [0.15, 0.2) is 0 Å². The molecule has 0 atom stereocenters. The second-order valence-electron chi connectivity index (χ2n) is 5.07. The quantitative estimate of drug-likeness (QED) is 0.787. The Labute approximate surface area is 119 Å². The molecular weight excluding hydrogens is 254 g/mol. The van der Waals surface area contributed by atoms with Gasteiger partial charge in [0.25, 0.3) is 5.89 Å². The Morgan fingerprint density at radius 1 is 1.00 bits per heavy atom. The SMILES string of the molecule is CCCNCCCc1nnc(-c2c(C)oc(C)c2C)o1. The van der Waals surface area contributed by atoms with Gasteiger partial charge in [-0.1, -0.05) is 6.92 Å². The number of hydrogen-bond donors (Lipinski definition) is 1. The average Bonchev–Trinajstić information content (AvgIpc) is 2.95. The van der Waals surface area contributed by atoms with Crippen LogP contribution in [0.3, 0.4) is 0 Å². The van der Waals surface area contributed by atoms with Gasteiger partial charge in [0.2, 0.25) is 5.89 Å². The van der Waals surface area contributed by atoms with E-state index in [2.05, 4.69) is 22.4 Å². The van der Waals surface area contributed by atoms with Crippen molar-refractivity contribution < 1.29 is 8.83 Å². The fourth-order valence-corrected chi connectivity index (χ4v) is 2.23. The largest absolute Gasteiger partial charge is 0.466 e. The van der Waals surface area contributed by atoms with E-state index < -0.39 is 0 Å². The van der Waals surface area contributed by atoms with Crippen molar-refractivity contribution in [3.63, 3.8) is 0 Å². The van der Waals surface area contributed by atoms with E-state index in [4.69, 9.17) is 8.83 Å². The van der Waals surface area contributed by atoms with Crippen molar-refractivity contribution in [2.45, 2.75) is 47.0 Å². The van der Waals surface area contributed by atoms with Gasteiger partial charge in [-0.3, -0.25) is 0 Å². The standard InChI is InChI=1S/C15H23N3O2/c1-5-8-16-9-6-7-13-17-18-15(20-13)14-10(2)11(3)19-12(14)4/h16H,5-9H2,1-4H3. The van der Waals surface area contributed by atoms with Gasteiger partial charge < -0.3 is 14.2 Å². The summed E-state index contributed by atoms with van der Waals surface area (Å²) in [6, 6.07) is 0. The van der Waals surface area contributed by atoms with Gasteiger partial charge in [-0.15, -0.1) is 10.2 Å². The van der Waals surface area contributed by atoms with E-state index in [0.29, 0.717) is 11.8 Å². The van der Waals surface area contributed by atoms with Gasteiger partial charge in [0, 0.05) is 12.0 Å². The van der Waals surface area contributed by atoms with Crippen molar-refractivity contribution in [2.24, 2.45) is 0 Å². The Morgan fingerprint density at radius 2 is 1.80 bits per heavy atom. The number of nitrogens with one attached hydrogen (secondary N) is 1. The molecule has 0 aliphatic rings. The molecule has 5 nitrogen and oxygen atoms in total. The van der Waals surface area contributed by atoms with Gasteiger partial charge >= 0.3 is 0 Å². The molecule has 1 N–H and O–H groups in total. The molecule has 20 heavy (non-hydrogen) atoms. The van der Waals surface area contributed by atoms with E-state index in [1.54, 1.807) is 0 Å². The molecule has 0 aliphatic heterocycles. The van der Waals surface area contributed by atoms with Crippen molar-refractivity contribution in [3.05, 3.63) is 23.0 Å². The fraction of sp³-hybridized carbons (Fsp3) is 0.600. The van der Waals surface area contributed by atoms with Crippen LogP contribution in [0.2, 0.25) is 0 Å². The highest BCUT2D eigenvalue weighted by atomic mass is 16.4. The van der Waals surface area contributed by atoms with Crippen LogP contribution in [0, 0.1) is 20.8 Å². The molecule has 0 aliphatic carbocycles. The average molecular weight is 277 g/mol. The summed E-state index contributed by atoms with van der Waals surface area (Å²) in [5.74, 6) is 2.99. The lowest BCUT2D eigenvalue weighted by Crippen LogP contribution is -2.16. The van der Waals surface area contributed by atoms with Crippen LogP contribution >= 0.6 is 0 Å². The number of furan rings is 1. The lowest BCUT2D eigenvalue weighted by atomic mass is 10.1. The van der Waals surface area contributed by atoms with Crippen LogP contribution in [0.25, 0.3) is 11.5 Å². The third kappa shape index (κ3) is 3.28. The Morgan fingerprint density at radius 3 is 2.45 bits per heavy atom. The molecule has 0 bridgehead atoms. The maximum Gasteiger partial charge on any atom is 0.251 e. The maximum absolute atomic E-state index is 5.74. The molecule has 0 amide bonds. The third-order valence-corrected chi connectivity index (χ3v) is 3.41. The van der Waals surface area contributed by atoms with Crippen LogP contribution in [0.4, 0.5) is 0 Å². The second-order valence-corrected chi connectivity index (χ2v) is 5.07. The number of hydrogen-bond acceptors (Lipinski definition) is 5. The number of rotatable bonds is 7. The Bertz CT molecular complexity index is 557. The minimum absolute atomic E-state index is 0.563. The van der Waals surface area contributed by atoms with Crippen molar-refractivity contribution >= 4 is 0 Å². The summed E-state index contributed by atoms with van der Waals surface area (Å²) >= 11 is 0. The van der Waals surface area contributed by atoms with Crippen LogP contribution in [0.15, 0.2) is 8.83 Å². The summed E-state index contributed by atoms with van der Waals surface area (Å²) in [4.78, 5) is 0. The van der Waals surface area contributed by atoms with Gasteiger partial charge in [-0.2, -0.15) is 0 Å². The summed E-state index contributed by atoms with van der Waals surface area (Å²) in [5.41, 5.74) is 2.01. The smallest absolute Gasteiger partial charge is 0.251 e. The topological polar surface area (TPSA) is 64.1 Å². The van der Waals surface area contributed by atoms with Gasteiger partial charge in [-0.05, 0) is 46.7 Å². The molecule has 2 rings (SSSR count). The molecule has 0 fully saturated rings.